The lowest BCUT2D eigenvalue weighted by molar-refractivity contribution is -0.126. The number of halogens is 1. The predicted molar refractivity (Wildman–Crippen MR) is 66.3 cm³/mol. The van der Waals surface area contributed by atoms with Crippen molar-refractivity contribution in [2.24, 2.45) is 0 Å². The van der Waals surface area contributed by atoms with E-state index in [2.05, 4.69) is 0 Å². The maximum Gasteiger partial charge on any atom is 0.410 e. The van der Waals surface area contributed by atoms with Crippen LogP contribution in [0.4, 0.5) is 9.18 Å². The van der Waals surface area contributed by atoms with Gasteiger partial charge in [-0.15, -0.1) is 0 Å². The molecule has 104 valence electrons. The smallest absolute Gasteiger partial charge is 0.410 e. The molecule has 1 unspecified atom stereocenters. The number of benzene rings is 1. The Morgan fingerprint density at radius 3 is 2.68 bits per heavy atom. The maximum absolute atomic E-state index is 13.2. The summed E-state index contributed by atoms with van der Waals surface area (Å²) in [4.78, 5) is 23.9. The van der Waals surface area contributed by atoms with Crippen LogP contribution >= 0.6 is 0 Å². The molecule has 2 N–H and O–H groups in total. The number of alkyl halides is 1. The number of ketones is 1. The second kappa shape index (κ2) is 6.84. The largest absolute Gasteiger partial charge is 0.445 e. The molecule has 0 radical (unpaired) electrons. The van der Waals surface area contributed by atoms with Crippen LogP contribution < -0.4 is 0 Å². The molecular formula is C13H16FNO4. The molecule has 0 saturated carbocycles. The van der Waals surface area contributed by atoms with E-state index in [1.165, 1.54) is 4.90 Å². The van der Waals surface area contributed by atoms with Gasteiger partial charge in [-0.05, 0) is 5.56 Å². The summed E-state index contributed by atoms with van der Waals surface area (Å²) in [6.45, 7) is 0.181. The number of likely N-dealkylation sites (tertiary alicyclic amines) is 1. The third kappa shape index (κ3) is 4.03. The molecule has 1 atom stereocenters. The zero-order chi connectivity index (χ0) is 13.0. The lowest BCUT2D eigenvalue weighted by atomic mass is 10.1. The zero-order valence-corrected chi connectivity index (χ0v) is 10.3. The van der Waals surface area contributed by atoms with Crippen molar-refractivity contribution in [3.63, 3.8) is 0 Å². The fourth-order valence-corrected chi connectivity index (χ4v) is 1.76. The molecule has 19 heavy (non-hydrogen) atoms. The van der Waals surface area contributed by atoms with Crippen LogP contribution in [0.5, 0.6) is 0 Å². The Morgan fingerprint density at radius 2 is 2.05 bits per heavy atom. The number of hydrogen-bond donors (Lipinski definition) is 0. The van der Waals surface area contributed by atoms with Crippen molar-refractivity contribution < 1.29 is 24.2 Å². The highest BCUT2D eigenvalue weighted by atomic mass is 19.1. The molecule has 1 amide bonds. The van der Waals surface area contributed by atoms with Crippen LogP contribution in [0.3, 0.4) is 0 Å². The molecule has 1 aromatic rings. The van der Waals surface area contributed by atoms with Crippen LogP contribution in [0.1, 0.15) is 12.0 Å². The first kappa shape index (κ1) is 15.1. The van der Waals surface area contributed by atoms with Gasteiger partial charge in [-0.25, -0.2) is 9.18 Å². The number of nitrogens with zero attached hydrogens (tertiary/aromatic N) is 1. The number of amides is 1. The summed E-state index contributed by atoms with van der Waals surface area (Å²) in [6, 6.07) is 9.24. The molecule has 1 heterocycles. The molecule has 0 aromatic heterocycles. The summed E-state index contributed by atoms with van der Waals surface area (Å²) in [5.74, 6) is -0.442. The van der Waals surface area contributed by atoms with Crippen molar-refractivity contribution in [1.82, 2.24) is 4.90 Å². The molecule has 0 aliphatic carbocycles. The number of carbonyl (C=O) groups excluding carboxylic acids is 2. The predicted octanol–water partition coefficient (Wildman–Crippen LogP) is 1.11. The minimum Gasteiger partial charge on any atom is -0.445 e. The minimum absolute atomic E-state index is 0. The van der Waals surface area contributed by atoms with Crippen LogP contribution in [-0.4, -0.2) is 41.5 Å². The number of Topliss-reactive ketones (excluding diaryl/α,β-unsaturated/α-hetero) is 1. The van der Waals surface area contributed by atoms with Gasteiger partial charge in [0.2, 0.25) is 0 Å². The number of rotatable bonds is 2. The number of carbonyl (C=O) groups is 2. The van der Waals surface area contributed by atoms with Crippen LogP contribution in [-0.2, 0) is 16.1 Å². The summed E-state index contributed by atoms with van der Waals surface area (Å²) in [5, 5.41) is 0. The van der Waals surface area contributed by atoms with Crippen LogP contribution in [0.2, 0.25) is 0 Å². The van der Waals surface area contributed by atoms with Crippen molar-refractivity contribution in [3.05, 3.63) is 35.9 Å². The van der Waals surface area contributed by atoms with Gasteiger partial charge >= 0.3 is 6.09 Å². The summed E-state index contributed by atoms with van der Waals surface area (Å²) >= 11 is 0. The summed E-state index contributed by atoms with van der Waals surface area (Å²) < 4.78 is 18.2. The highest BCUT2D eigenvalue weighted by molar-refractivity contribution is 5.85. The summed E-state index contributed by atoms with van der Waals surface area (Å²) in [7, 11) is 0. The molecule has 0 spiro atoms. The third-order valence-corrected chi connectivity index (χ3v) is 2.82. The van der Waals surface area contributed by atoms with Gasteiger partial charge in [0, 0.05) is 13.0 Å². The van der Waals surface area contributed by atoms with Gasteiger partial charge in [0.25, 0.3) is 0 Å². The average molecular weight is 269 g/mol. The molecule has 0 bridgehead atoms. The molecule has 1 aliphatic rings. The van der Waals surface area contributed by atoms with E-state index in [1.807, 2.05) is 30.3 Å². The number of hydrogen-bond acceptors (Lipinski definition) is 3. The molecular weight excluding hydrogens is 253 g/mol. The molecule has 6 heteroatoms. The Hall–Kier alpha value is -1.95. The van der Waals surface area contributed by atoms with E-state index in [9.17, 15) is 14.0 Å². The molecule has 5 nitrogen and oxygen atoms in total. The molecule has 1 fully saturated rings. The van der Waals surface area contributed by atoms with Crippen LogP contribution in [0, 0.1) is 0 Å². The van der Waals surface area contributed by atoms with Gasteiger partial charge in [0.15, 0.2) is 12.0 Å². The van der Waals surface area contributed by atoms with E-state index in [1.54, 1.807) is 0 Å². The number of piperidine rings is 1. The van der Waals surface area contributed by atoms with Gasteiger partial charge in [-0.1, -0.05) is 30.3 Å². The Bertz CT molecular complexity index is 438. The average Bonchev–Trinajstić information content (AvgIpc) is 2.40. The van der Waals surface area contributed by atoms with E-state index in [0.717, 1.165) is 5.56 Å². The topological polar surface area (TPSA) is 78.1 Å². The Balaban J connectivity index is 0.00000180. The van der Waals surface area contributed by atoms with Crippen LogP contribution in [0.15, 0.2) is 30.3 Å². The lowest BCUT2D eigenvalue weighted by Gasteiger charge is -2.27. The molecule has 1 saturated heterocycles. The van der Waals surface area contributed by atoms with E-state index >= 15 is 0 Å². The second-order valence-corrected chi connectivity index (χ2v) is 4.17. The number of ether oxygens (including phenoxy) is 1. The van der Waals surface area contributed by atoms with E-state index in [0.29, 0.717) is 0 Å². The van der Waals surface area contributed by atoms with E-state index < -0.39 is 18.0 Å². The first-order chi connectivity index (χ1) is 8.66. The van der Waals surface area contributed by atoms with Gasteiger partial charge in [-0.3, -0.25) is 4.79 Å². The maximum atomic E-state index is 13.2. The van der Waals surface area contributed by atoms with Crippen molar-refractivity contribution in [3.8, 4) is 0 Å². The van der Waals surface area contributed by atoms with E-state index in [-0.39, 0.29) is 31.6 Å². The van der Waals surface area contributed by atoms with Gasteiger partial charge in [0.1, 0.15) is 6.61 Å². The summed E-state index contributed by atoms with van der Waals surface area (Å²) in [6.07, 6.45) is -2.10. The highest BCUT2D eigenvalue weighted by Crippen LogP contribution is 2.12. The van der Waals surface area contributed by atoms with Crippen molar-refractivity contribution >= 4 is 11.9 Å². The highest BCUT2D eigenvalue weighted by Gasteiger charge is 2.30. The standard InChI is InChI=1S/C13H14FNO3.H2O/c14-11-8-15(7-6-12(11)16)13(17)18-9-10-4-2-1-3-5-10;/h1-5,11H,6-9H2;1H2. The fourth-order valence-electron chi connectivity index (χ4n) is 1.76. The first-order valence-corrected chi connectivity index (χ1v) is 5.79. The fraction of sp³-hybridized carbons (Fsp3) is 0.385. The zero-order valence-electron chi connectivity index (χ0n) is 10.3. The quantitative estimate of drug-likeness (QED) is 0.806. The molecule has 1 aliphatic heterocycles. The third-order valence-electron chi connectivity index (χ3n) is 2.82. The molecule has 1 aromatic carbocycles. The van der Waals surface area contributed by atoms with Crippen molar-refractivity contribution in [2.45, 2.75) is 19.2 Å². The minimum atomic E-state index is -1.58. The normalized spacial score (nSPS) is 18.7. The Morgan fingerprint density at radius 1 is 1.37 bits per heavy atom. The Labute approximate surface area is 110 Å². The van der Waals surface area contributed by atoms with Crippen LogP contribution in [0.25, 0.3) is 0 Å². The summed E-state index contributed by atoms with van der Waals surface area (Å²) in [5.41, 5.74) is 0.871. The lowest BCUT2D eigenvalue weighted by Crippen LogP contribution is -2.45. The molecule has 2 rings (SSSR count). The van der Waals surface area contributed by atoms with Gasteiger partial charge in [-0.2, -0.15) is 0 Å². The SMILES string of the molecule is O.O=C1CCN(C(=O)OCc2ccccc2)CC1F. The first-order valence-electron chi connectivity index (χ1n) is 5.79. The second-order valence-electron chi connectivity index (χ2n) is 4.17. The van der Waals surface area contributed by atoms with Gasteiger partial charge < -0.3 is 15.1 Å². The Kier molecular flexibility index (Phi) is 5.44. The van der Waals surface area contributed by atoms with Crippen molar-refractivity contribution in [1.29, 1.82) is 0 Å². The monoisotopic (exact) mass is 269 g/mol. The van der Waals surface area contributed by atoms with Gasteiger partial charge in [0.05, 0.1) is 6.54 Å². The van der Waals surface area contributed by atoms with Crippen molar-refractivity contribution in [2.75, 3.05) is 13.1 Å². The van der Waals surface area contributed by atoms with E-state index in [4.69, 9.17) is 4.74 Å².